The molecule has 29 heavy (non-hydrogen) atoms. The largest absolute Gasteiger partial charge is 0.457 e. The maximum Gasteiger partial charge on any atom is 0.348 e. The Morgan fingerprint density at radius 2 is 2.17 bits per heavy atom. The summed E-state index contributed by atoms with van der Waals surface area (Å²) in [6, 6.07) is 0.127. The molecule has 0 aliphatic carbocycles. The van der Waals surface area contributed by atoms with E-state index in [1.54, 1.807) is 6.92 Å². The lowest BCUT2D eigenvalue weighted by atomic mass is 10.2. The Kier molecular flexibility index (Phi) is 8.51. The second-order valence-electron chi connectivity index (χ2n) is 6.97. The van der Waals surface area contributed by atoms with Crippen LogP contribution in [-0.4, -0.2) is 64.5 Å². The van der Waals surface area contributed by atoms with Gasteiger partial charge in [0.1, 0.15) is 22.1 Å². The molecule has 2 aromatic heterocycles. The number of thiophene rings is 1. The quantitative estimate of drug-likeness (QED) is 0.422. The molecule has 0 fully saturated rings. The number of aromatic amines is 1. The van der Waals surface area contributed by atoms with Crippen molar-refractivity contribution in [3.05, 3.63) is 39.3 Å². The molecule has 0 aliphatic rings. The first kappa shape index (κ1) is 23.2. The number of carbonyl (C=O) groups excluding carboxylic acids is 1. The van der Waals surface area contributed by atoms with Crippen LogP contribution >= 0.6 is 11.3 Å². The highest BCUT2D eigenvalue weighted by molar-refractivity contribution is 7.20. The molecule has 0 bridgehead atoms. The van der Waals surface area contributed by atoms with Crippen molar-refractivity contribution >= 4 is 27.5 Å². The highest BCUT2D eigenvalue weighted by atomic mass is 32.1. The lowest BCUT2D eigenvalue weighted by Gasteiger charge is -2.28. The average molecular weight is 424 g/mol. The number of nitrogens with one attached hydrogen (secondary N) is 1. The number of esters is 1. The molecule has 160 valence electrons. The summed E-state index contributed by atoms with van der Waals surface area (Å²) in [5.41, 5.74) is 0.271. The van der Waals surface area contributed by atoms with Crippen LogP contribution in [0.2, 0.25) is 0 Å². The van der Waals surface area contributed by atoms with Crippen LogP contribution in [0.5, 0.6) is 0 Å². The molecule has 8 nitrogen and oxygen atoms in total. The summed E-state index contributed by atoms with van der Waals surface area (Å²) >= 11 is 1.14. The zero-order chi connectivity index (χ0) is 21.6. The number of aromatic nitrogens is 2. The van der Waals surface area contributed by atoms with E-state index in [0.717, 1.165) is 11.3 Å². The Hall–Kier alpha value is -2.07. The summed E-state index contributed by atoms with van der Waals surface area (Å²) in [6.07, 6.45) is 0.854. The normalized spacial score (nSPS) is 12.7. The van der Waals surface area contributed by atoms with E-state index in [1.165, 1.54) is 6.08 Å². The predicted octanol–water partition coefficient (Wildman–Crippen LogP) is 2.24. The van der Waals surface area contributed by atoms with Crippen LogP contribution in [0.1, 0.15) is 41.8 Å². The van der Waals surface area contributed by atoms with Crippen molar-refractivity contribution in [2.75, 3.05) is 26.4 Å². The van der Waals surface area contributed by atoms with Crippen LogP contribution in [-0.2, 0) is 16.0 Å². The summed E-state index contributed by atoms with van der Waals surface area (Å²) < 4.78 is 10.4. The summed E-state index contributed by atoms with van der Waals surface area (Å²) in [6.45, 7) is 12.8. The van der Waals surface area contributed by atoms with Crippen molar-refractivity contribution in [2.45, 2.75) is 46.4 Å². The number of aliphatic hydroxyl groups is 1. The fourth-order valence-corrected chi connectivity index (χ4v) is 3.98. The van der Waals surface area contributed by atoms with E-state index in [0.29, 0.717) is 46.2 Å². The fraction of sp³-hybridized carbons (Fsp3) is 0.550. The fourth-order valence-electron chi connectivity index (χ4n) is 2.89. The molecule has 2 N–H and O–H groups in total. The second kappa shape index (κ2) is 10.6. The van der Waals surface area contributed by atoms with Crippen LogP contribution in [0.4, 0.5) is 0 Å². The highest BCUT2D eigenvalue weighted by Gasteiger charge is 2.22. The van der Waals surface area contributed by atoms with Crippen LogP contribution in [0.3, 0.4) is 0 Å². The Morgan fingerprint density at radius 1 is 1.45 bits per heavy atom. The first-order valence-electron chi connectivity index (χ1n) is 9.58. The van der Waals surface area contributed by atoms with E-state index >= 15 is 0 Å². The summed E-state index contributed by atoms with van der Waals surface area (Å²) in [5.74, 6) is -0.0127. The van der Waals surface area contributed by atoms with Gasteiger partial charge in [-0.05, 0) is 33.3 Å². The molecular formula is C20H29N3O5S. The van der Waals surface area contributed by atoms with Gasteiger partial charge >= 0.3 is 5.97 Å². The van der Waals surface area contributed by atoms with Gasteiger partial charge in [-0.15, -0.1) is 11.3 Å². The maximum atomic E-state index is 12.6. The number of aliphatic hydroxyl groups excluding tert-OH is 1. The van der Waals surface area contributed by atoms with Crippen molar-refractivity contribution in [3.8, 4) is 0 Å². The van der Waals surface area contributed by atoms with E-state index < -0.39 is 12.1 Å². The molecule has 2 rings (SSSR count). The van der Waals surface area contributed by atoms with Gasteiger partial charge in [-0.1, -0.05) is 12.7 Å². The zero-order valence-electron chi connectivity index (χ0n) is 17.4. The van der Waals surface area contributed by atoms with Gasteiger partial charge in [-0.2, -0.15) is 0 Å². The molecular weight excluding hydrogens is 394 g/mol. The number of rotatable bonds is 11. The van der Waals surface area contributed by atoms with Crippen LogP contribution in [0.25, 0.3) is 10.2 Å². The third kappa shape index (κ3) is 5.96. The highest BCUT2D eigenvalue weighted by Crippen LogP contribution is 2.27. The van der Waals surface area contributed by atoms with E-state index in [9.17, 15) is 14.7 Å². The second-order valence-corrected chi connectivity index (χ2v) is 7.97. The van der Waals surface area contributed by atoms with Gasteiger partial charge in [-0.3, -0.25) is 9.69 Å². The van der Waals surface area contributed by atoms with Gasteiger partial charge in [0.2, 0.25) is 0 Å². The molecule has 0 saturated heterocycles. The molecule has 2 heterocycles. The number of nitrogens with zero attached hydrogens (tertiary/aromatic N) is 2. The third-order valence-electron chi connectivity index (χ3n) is 4.41. The Morgan fingerprint density at radius 3 is 2.79 bits per heavy atom. The SMILES string of the molecule is C=CCOC(=O)c1sc2nc(CN(CC(O)COCC)C(C)C)[nH]c(=O)c2c1C. The zero-order valence-corrected chi connectivity index (χ0v) is 18.2. The van der Waals surface area contributed by atoms with Crippen molar-refractivity contribution < 1.29 is 19.4 Å². The van der Waals surface area contributed by atoms with Crippen LogP contribution < -0.4 is 5.56 Å². The average Bonchev–Trinajstić information content (AvgIpc) is 3.00. The van der Waals surface area contributed by atoms with Crippen molar-refractivity contribution in [1.82, 2.24) is 14.9 Å². The van der Waals surface area contributed by atoms with Gasteiger partial charge in [0, 0.05) is 19.2 Å². The van der Waals surface area contributed by atoms with Gasteiger partial charge in [0.15, 0.2) is 0 Å². The summed E-state index contributed by atoms with van der Waals surface area (Å²) in [5, 5.41) is 10.6. The predicted molar refractivity (Wildman–Crippen MR) is 114 cm³/mol. The molecule has 0 radical (unpaired) electrons. The first-order chi connectivity index (χ1) is 13.8. The minimum atomic E-state index is -0.636. The topological polar surface area (TPSA) is 105 Å². The standard InChI is InChI=1S/C20H29N3O5S/c1-6-8-28-20(26)17-13(5)16-18(25)21-15(22-19(16)29-17)10-23(12(3)4)9-14(24)11-27-7-2/h6,12,14,24H,1,7-11H2,2-5H3,(H,21,22,25). The number of carbonyl (C=O) groups is 1. The summed E-state index contributed by atoms with van der Waals surface area (Å²) in [4.78, 5) is 35.1. The van der Waals surface area contributed by atoms with E-state index in [1.807, 2.05) is 25.7 Å². The first-order valence-corrected chi connectivity index (χ1v) is 10.4. The van der Waals surface area contributed by atoms with Gasteiger partial charge in [-0.25, -0.2) is 9.78 Å². The lowest BCUT2D eigenvalue weighted by molar-refractivity contribution is 0.0127. The molecule has 0 aliphatic heterocycles. The number of ether oxygens (including phenoxy) is 2. The van der Waals surface area contributed by atoms with Crippen molar-refractivity contribution in [2.24, 2.45) is 0 Å². The van der Waals surface area contributed by atoms with E-state index in [2.05, 4.69) is 16.5 Å². The minimum absolute atomic E-state index is 0.106. The molecule has 0 saturated carbocycles. The molecule has 1 unspecified atom stereocenters. The van der Waals surface area contributed by atoms with E-state index in [4.69, 9.17) is 9.47 Å². The van der Waals surface area contributed by atoms with Crippen molar-refractivity contribution in [3.63, 3.8) is 0 Å². The number of hydrogen-bond acceptors (Lipinski definition) is 8. The Bertz CT molecular complexity index is 905. The van der Waals surface area contributed by atoms with Gasteiger partial charge < -0.3 is 19.6 Å². The molecule has 0 amide bonds. The molecule has 2 aromatic rings. The van der Waals surface area contributed by atoms with Crippen LogP contribution in [0, 0.1) is 6.92 Å². The number of H-pyrrole nitrogens is 1. The lowest BCUT2D eigenvalue weighted by Crippen LogP contribution is -2.39. The molecule has 0 aromatic carbocycles. The number of aryl methyl sites for hydroxylation is 1. The van der Waals surface area contributed by atoms with Gasteiger partial charge in [0.25, 0.3) is 5.56 Å². The minimum Gasteiger partial charge on any atom is -0.457 e. The molecule has 0 spiro atoms. The number of fused-ring (bicyclic) bond motifs is 1. The van der Waals surface area contributed by atoms with Gasteiger partial charge in [0.05, 0.1) is 24.6 Å². The molecule has 1 atom stereocenters. The Labute approximate surface area is 174 Å². The molecule has 9 heteroatoms. The smallest absolute Gasteiger partial charge is 0.348 e. The maximum absolute atomic E-state index is 12.6. The monoisotopic (exact) mass is 423 g/mol. The summed E-state index contributed by atoms with van der Waals surface area (Å²) in [7, 11) is 0. The van der Waals surface area contributed by atoms with Crippen LogP contribution in [0.15, 0.2) is 17.4 Å². The van der Waals surface area contributed by atoms with E-state index in [-0.39, 0.29) is 24.8 Å². The third-order valence-corrected chi connectivity index (χ3v) is 5.58. The van der Waals surface area contributed by atoms with Crippen molar-refractivity contribution in [1.29, 1.82) is 0 Å². The number of hydrogen-bond donors (Lipinski definition) is 2. The Balaban J connectivity index is 2.28.